The van der Waals surface area contributed by atoms with E-state index in [9.17, 15) is 14.7 Å². The summed E-state index contributed by atoms with van der Waals surface area (Å²) in [6.45, 7) is 5.29. The molecule has 1 amide bonds. The van der Waals surface area contributed by atoms with Crippen molar-refractivity contribution in [1.29, 1.82) is 0 Å². The second-order valence-corrected chi connectivity index (χ2v) is 9.28. The number of ether oxygens (including phenoxy) is 3. The summed E-state index contributed by atoms with van der Waals surface area (Å²) in [5.41, 5.74) is 1.75. The van der Waals surface area contributed by atoms with Crippen LogP contribution < -0.4 is 14.2 Å². The number of pyridine rings is 1. The summed E-state index contributed by atoms with van der Waals surface area (Å²) in [4.78, 5) is 32.4. The zero-order valence-electron chi connectivity index (χ0n) is 22.6. The van der Waals surface area contributed by atoms with Gasteiger partial charge in [0.25, 0.3) is 11.7 Å². The Morgan fingerprint density at radius 2 is 1.82 bits per heavy atom. The Bertz CT molecular complexity index is 1340. The standard InChI is InChI=1S/C31H34N2O6/c1-4-6-16-39-25-13-12-22(18-26(25)37-3)28-27(29(34)23-10-7-11-24(17-23)38-15-5-2)30(35)31(36)33(28)20-21-9-8-14-32-19-21/h7-14,17-19,28,34H,4-6,15-16,20H2,1-3H3. The topological polar surface area (TPSA) is 98.2 Å². The third-order valence-corrected chi connectivity index (χ3v) is 6.45. The van der Waals surface area contributed by atoms with Crippen molar-refractivity contribution in [2.24, 2.45) is 0 Å². The highest BCUT2D eigenvalue weighted by molar-refractivity contribution is 6.46. The van der Waals surface area contributed by atoms with Crippen molar-refractivity contribution in [3.8, 4) is 17.2 Å². The molecule has 8 heteroatoms. The molecule has 0 spiro atoms. The number of nitrogens with zero attached hydrogens (tertiary/aromatic N) is 2. The van der Waals surface area contributed by atoms with Crippen LogP contribution >= 0.6 is 0 Å². The number of methoxy groups -OCH3 is 1. The number of carbonyl (C=O) groups excluding carboxylic acids is 2. The summed E-state index contributed by atoms with van der Waals surface area (Å²) in [6.07, 6.45) is 6.02. The van der Waals surface area contributed by atoms with Crippen molar-refractivity contribution < 1.29 is 28.9 Å². The lowest BCUT2D eigenvalue weighted by molar-refractivity contribution is -0.140. The minimum Gasteiger partial charge on any atom is -0.507 e. The summed E-state index contributed by atoms with van der Waals surface area (Å²) in [6, 6.07) is 15.0. The van der Waals surface area contributed by atoms with Gasteiger partial charge in [-0.15, -0.1) is 0 Å². The molecule has 2 aromatic carbocycles. The van der Waals surface area contributed by atoms with E-state index >= 15 is 0 Å². The maximum Gasteiger partial charge on any atom is 0.295 e. The van der Waals surface area contributed by atoms with E-state index in [4.69, 9.17) is 14.2 Å². The molecule has 204 valence electrons. The fraction of sp³-hybridized carbons (Fsp3) is 0.323. The van der Waals surface area contributed by atoms with Crippen LogP contribution in [0.3, 0.4) is 0 Å². The highest BCUT2D eigenvalue weighted by Crippen LogP contribution is 2.43. The van der Waals surface area contributed by atoms with Crippen molar-refractivity contribution in [3.63, 3.8) is 0 Å². The first-order valence-electron chi connectivity index (χ1n) is 13.2. The third kappa shape index (κ3) is 6.22. The number of aromatic nitrogens is 1. The Balaban J connectivity index is 1.81. The van der Waals surface area contributed by atoms with E-state index in [1.165, 1.54) is 4.90 Å². The smallest absolute Gasteiger partial charge is 0.295 e. The molecule has 0 bridgehead atoms. The van der Waals surface area contributed by atoms with E-state index in [1.54, 1.807) is 68.0 Å². The first-order chi connectivity index (χ1) is 19.0. The van der Waals surface area contributed by atoms with Gasteiger partial charge in [-0.05, 0) is 54.3 Å². The van der Waals surface area contributed by atoms with Gasteiger partial charge in [-0.3, -0.25) is 14.6 Å². The predicted octanol–water partition coefficient (Wildman–Crippen LogP) is 5.68. The van der Waals surface area contributed by atoms with Gasteiger partial charge in [0.05, 0.1) is 31.9 Å². The monoisotopic (exact) mass is 530 g/mol. The van der Waals surface area contributed by atoms with Crippen LogP contribution in [0.15, 0.2) is 72.6 Å². The number of aliphatic hydroxyl groups excluding tert-OH is 1. The molecular formula is C31H34N2O6. The molecule has 1 unspecified atom stereocenters. The van der Waals surface area contributed by atoms with E-state index in [0.29, 0.717) is 41.6 Å². The lowest BCUT2D eigenvalue weighted by Gasteiger charge is -2.26. The largest absolute Gasteiger partial charge is 0.507 e. The second-order valence-electron chi connectivity index (χ2n) is 9.28. The number of aliphatic hydroxyl groups is 1. The van der Waals surface area contributed by atoms with Crippen LogP contribution in [0.2, 0.25) is 0 Å². The number of carbonyl (C=O) groups is 2. The average molecular weight is 531 g/mol. The number of likely N-dealkylation sites (tertiary alicyclic amines) is 1. The lowest BCUT2D eigenvalue weighted by Crippen LogP contribution is -2.29. The molecule has 8 nitrogen and oxygen atoms in total. The van der Waals surface area contributed by atoms with E-state index in [1.807, 2.05) is 13.0 Å². The second kappa shape index (κ2) is 13.0. The molecule has 1 fully saturated rings. The van der Waals surface area contributed by atoms with Crippen molar-refractivity contribution in [3.05, 3.63) is 89.3 Å². The van der Waals surface area contributed by atoms with E-state index in [0.717, 1.165) is 24.8 Å². The van der Waals surface area contributed by atoms with Gasteiger partial charge in [0.15, 0.2) is 11.5 Å². The van der Waals surface area contributed by atoms with Crippen LogP contribution in [-0.4, -0.2) is 47.0 Å². The Hall–Kier alpha value is -4.33. The number of amides is 1. The fourth-order valence-corrected chi connectivity index (χ4v) is 4.49. The van der Waals surface area contributed by atoms with E-state index in [-0.39, 0.29) is 17.9 Å². The lowest BCUT2D eigenvalue weighted by atomic mass is 9.94. The quantitative estimate of drug-likeness (QED) is 0.139. The zero-order chi connectivity index (χ0) is 27.8. The number of unbranched alkanes of at least 4 members (excludes halogenated alkanes) is 1. The molecule has 0 aliphatic carbocycles. The molecule has 1 aliphatic heterocycles. The van der Waals surface area contributed by atoms with Crippen molar-refractivity contribution in [1.82, 2.24) is 9.88 Å². The third-order valence-electron chi connectivity index (χ3n) is 6.45. The molecular weight excluding hydrogens is 496 g/mol. The van der Waals surface area contributed by atoms with Crippen molar-refractivity contribution in [2.75, 3.05) is 20.3 Å². The van der Waals surface area contributed by atoms with Crippen LogP contribution in [0.5, 0.6) is 17.2 Å². The van der Waals surface area contributed by atoms with Gasteiger partial charge in [-0.2, -0.15) is 0 Å². The van der Waals surface area contributed by atoms with Crippen molar-refractivity contribution in [2.45, 2.75) is 45.7 Å². The van der Waals surface area contributed by atoms with Crippen LogP contribution in [0.1, 0.15) is 55.8 Å². The Morgan fingerprint density at radius 1 is 0.974 bits per heavy atom. The highest BCUT2D eigenvalue weighted by Gasteiger charge is 2.46. The maximum atomic E-state index is 13.4. The molecule has 1 aromatic heterocycles. The van der Waals surface area contributed by atoms with Gasteiger partial charge >= 0.3 is 0 Å². The molecule has 39 heavy (non-hydrogen) atoms. The maximum absolute atomic E-state index is 13.4. The van der Waals surface area contributed by atoms with Crippen LogP contribution in [-0.2, 0) is 16.1 Å². The van der Waals surface area contributed by atoms with Gasteiger partial charge in [-0.1, -0.05) is 44.5 Å². The van der Waals surface area contributed by atoms with E-state index in [2.05, 4.69) is 11.9 Å². The van der Waals surface area contributed by atoms with Crippen LogP contribution in [0.4, 0.5) is 0 Å². The highest BCUT2D eigenvalue weighted by atomic mass is 16.5. The first kappa shape index (κ1) is 27.7. The average Bonchev–Trinajstić information content (AvgIpc) is 3.21. The first-order valence-corrected chi connectivity index (χ1v) is 13.2. The Kier molecular flexibility index (Phi) is 9.20. The Morgan fingerprint density at radius 3 is 2.54 bits per heavy atom. The van der Waals surface area contributed by atoms with E-state index < -0.39 is 17.7 Å². The number of hydrogen-bond acceptors (Lipinski definition) is 7. The van der Waals surface area contributed by atoms with Gasteiger partial charge < -0.3 is 24.2 Å². The summed E-state index contributed by atoms with van der Waals surface area (Å²) in [7, 11) is 1.54. The minimum absolute atomic E-state index is 0.00163. The van der Waals surface area contributed by atoms with Gasteiger partial charge in [-0.25, -0.2) is 0 Å². The fourth-order valence-electron chi connectivity index (χ4n) is 4.49. The minimum atomic E-state index is -0.857. The van der Waals surface area contributed by atoms with Gasteiger partial charge in [0, 0.05) is 24.5 Å². The number of rotatable bonds is 12. The SMILES string of the molecule is CCCCOc1ccc(C2C(=C(O)c3cccc(OCCC)c3)C(=O)C(=O)N2Cc2cccnc2)cc1OC. The normalized spacial score (nSPS) is 16.4. The molecule has 2 heterocycles. The zero-order valence-corrected chi connectivity index (χ0v) is 22.6. The Labute approximate surface area is 228 Å². The molecule has 1 N–H and O–H groups in total. The van der Waals surface area contributed by atoms with Crippen molar-refractivity contribution >= 4 is 17.4 Å². The molecule has 0 radical (unpaired) electrons. The molecule has 4 rings (SSSR count). The number of ketones is 1. The summed E-state index contributed by atoms with van der Waals surface area (Å²) in [5.74, 6) is -0.117. The van der Waals surface area contributed by atoms with Gasteiger partial charge in [0.2, 0.25) is 0 Å². The number of hydrogen-bond donors (Lipinski definition) is 1. The molecule has 0 saturated carbocycles. The summed E-state index contributed by atoms with van der Waals surface area (Å²) in [5, 5.41) is 11.5. The molecule has 3 aromatic rings. The summed E-state index contributed by atoms with van der Waals surface area (Å²) < 4.78 is 17.2. The number of benzene rings is 2. The molecule has 1 atom stereocenters. The summed E-state index contributed by atoms with van der Waals surface area (Å²) >= 11 is 0. The van der Waals surface area contributed by atoms with Crippen LogP contribution in [0.25, 0.3) is 5.76 Å². The predicted molar refractivity (Wildman–Crippen MR) is 148 cm³/mol. The molecule has 1 saturated heterocycles. The van der Waals surface area contributed by atoms with Crippen LogP contribution in [0, 0.1) is 0 Å². The van der Waals surface area contributed by atoms with Gasteiger partial charge in [0.1, 0.15) is 11.5 Å². The number of Topliss-reactive ketones (excluding diaryl/α,β-unsaturated/α-hetero) is 1. The molecule has 1 aliphatic rings.